The van der Waals surface area contributed by atoms with E-state index in [1.54, 1.807) is 123 Å². The minimum Gasteiger partial charge on any atom is -0.284 e. The Labute approximate surface area is 833 Å². The van der Waals surface area contributed by atoms with E-state index in [9.17, 15) is 50.5 Å². The highest BCUT2D eigenvalue weighted by Gasteiger charge is 2.31. The molecule has 140 heavy (non-hydrogen) atoms. The first-order valence-electron chi connectivity index (χ1n) is 45.9. The topological polar surface area (TPSA) is 403 Å². The number of sulfonamides is 4. The number of sulfone groups is 2. The van der Waals surface area contributed by atoms with Gasteiger partial charge in [-0.1, -0.05) is 197 Å². The predicted octanol–water partition coefficient (Wildman–Crippen LogP) is 19.6. The van der Waals surface area contributed by atoms with E-state index >= 15 is 0 Å². The molecular formula is C105H141N17O12S6. The molecule has 7 aromatic heterocycles. The lowest BCUT2D eigenvalue weighted by molar-refractivity contribution is 0.477. The first-order valence-corrected chi connectivity index (χ1v) is 56.5. The highest BCUT2D eigenvalue weighted by molar-refractivity contribution is 7.92. The van der Waals surface area contributed by atoms with Gasteiger partial charge in [-0.25, -0.2) is 89.4 Å². The van der Waals surface area contributed by atoms with Crippen LogP contribution in [0.1, 0.15) is 243 Å². The van der Waals surface area contributed by atoms with E-state index in [2.05, 4.69) is 169 Å². The van der Waals surface area contributed by atoms with Gasteiger partial charge in [-0.15, -0.1) is 0 Å². The second-order valence-corrected chi connectivity index (χ2v) is 54.6. The van der Waals surface area contributed by atoms with Gasteiger partial charge in [0, 0.05) is 129 Å². The molecule has 0 unspecified atom stereocenters. The molecule has 0 spiro atoms. The van der Waals surface area contributed by atoms with Crippen molar-refractivity contribution in [2.45, 2.75) is 265 Å². The van der Waals surface area contributed by atoms with Gasteiger partial charge in [-0.2, -0.15) is 4.31 Å². The minimum absolute atomic E-state index is 0.0285. The highest BCUT2D eigenvalue weighted by atomic mass is 32.2. The molecule has 754 valence electrons. The highest BCUT2D eigenvalue weighted by Crippen LogP contribution is 2.36. The van der Waals surface area contributed by atoms with Gasteiger partial charge in [-0.3, -0.25) is 39.6 Å². The SMILES string of the molecule is Cc1ncc(-c2ccc(NS(C)(=O)=O)cc2)nc1C(C)(C)C.Cc1ncc(-c2cccc(CS(=O)(=O)N(C)C)c2)nc1C(C)(C)C.Cc1ncc(-c2cccc(CS(C)(=O)=O)c2)nc1C(C)(C)C.Cc1ncc(-c2cccc(S(=O)(=O)N3CCCC3)c2)nc1C(C)(C)C.Cc1ncc(-c2cccc(S(=O)(=O)NC(C)(C)C)c2)nc1C(C)(C)C.Cc1ncc(-c2cncc(CS(C)(=O)=O)c2)nc1C(C)(C)C. The molecule has 35 heteroatoms. The third-order valence-electron chi connectivity index (χ3n) is 21.5. The van der Waals surface area contributed by atoms with Gasteiger partial charge in [0.15, 0.2) is 19.7 Å². The van der Waals surface area contributed by atoms with E-state index in [1.165, 1.54) is 16.8 Å². The van der Waals surface area contributed by atoms with Crippen molar-refractivity contribution in [3.8, 4) is 67.5 Å². The Balaban J connectivity index is 0.000000206. The Morgan fingerprint density at radius 2 is 0.607 bits per heavy atom. The molecular weight excluding hydrogens is 1880 g/mol. The summed E-state index contributed by atoms with van der Waals surface area (Å²) in [5.41, 5.74) is 21.9. The molecule has 1 aliphatic rings. The van der Waals surface area contributed by atoms with E-state index in [0.29, 0.717) is 46.3 Å². The van der Waals surface area contributed by atoms with E-state index < -0.39 is 65.3 Å². The lowest BCUT2D eigenvalue weighted by atomic mass is 9.90. The number of nitrogens with one attached hydrogen (secondary N) is 2. The van der Waals surface area contributed by atoms with Gasteiger partial charge in [0.25, 0.3) is 0 Å². The maximum absolute atomic E-state index is 12.8. The molecule has 5 aromatic carbocycles. The zero-order valence-corrected chi connectivity index (χ0v) is 92.1. The molecule has 0 amide bonds. The Hall–Kier alpha value is -10.9. The van der Waals surface area contributed by atoms with Crippen LogP contribution in [0.2, 0.25) is 0 Å². The lowest BCUT2D eigenvalue weighted by Crippen LogP contribution is -2.40. The molecule has 12 aromatic rings. The maximum Gasteiger partial charge on any atom is 0.243 e. The van der Waals surface area contributed by atoms with Crippen LogP contribution in [-0.2, 0) is 110 Å². The van der Waals surface area contributed by atoms with Crippen molar-refractivity contribution >= 4 is 65.5 Å². The fourth-order valence-electron chi connectivity index (χ4n) is 15.2. The van der Waals surface area contributed by atoms with E-state index in [1.807, 2.05) is 135 Å². The second kappa shape index (κ2) is 45.2. The lowest BCUT2D eigenvalue weighted by Gasteiger charge is -2.21. The molecule has 13 rings (SSSR count). The Bertz CT molecular complexity index is 7020. The summed E-state index contributed by atoms with van der Waals surface area (Å²) in [6.45, 7) is 56.1. The molecule has 0 radical (unpaired) electrons. The van der Waals surface area contributed by atoms with Crippen molar-refractivity contribution in [1.82, 2.24) is 78.1 Å². The molecule has 0 bridgehead atoms. The number of aryl methyl sites for hydroxylation is 6. The van der Waals surface area contributed by atoms with Gasteiger partial charge in [0.2, 0.25) is 40.1 Å². The second-order valence-electron chi connectivity index (χ2n) is 42.8. The minimum atomic E-state index is -3.59. The van der Waals surface area contributed by atoms with Gasteiger partial charge in [0.1, 0.15) is 0 Å². The van der Waals surface area contributed by atoms with Crippen LogP contribution in [0.3, 0.4) is 0 Å². The van der Waals surface area contributed by atoms with E-state index in [0.717, 1.165) is 149 Å². The van der Waals surface area contributed by atoms with Crippen LogP contribution in [0.25, 0.3) is 67.5 Å². The zero-order valence-electron chi connectivity index (χ0n) is 87.2. The van der Waals surface area contributed by atoms with Gasteiger partial charge in [0.05, 0.1) is 173 Å². The van der Waals surface area contributed by atoms with Crippen LogP contribution in [0.15, 0.2) is 187 Å². The van der Waals surface area contributed by atoms with Crippen LogP contribution in [0, 0.1) is 41.5 Å². The molecule has 0 atom stereocenters. The monoisotopic (exact) mass is 2020 g/mol. The number of hydrogen-bond acceptors (Lipinski definition) is 25. The number of rotatable bonds is 19. The zero-order chi connectivity index (χ0) is 105. The van der Waals surface area contributed by atoms with E-state index in [-0.39, 0.29) is 54.6 Å². The van der Waals surface area contributed by atoms with Gasteiger partial charge >= 0.3 is 0 Å². The molecule has 29 nitrogen and oxygen atoms in total. The first kappa shape index (κ1) is 114. The Kier molecular flexibility index (Phi) is 36.9. The smallest absolute Gasteiger partial charge is 0.243 e. The van der Waals surface area contributed by atoms with Crippen LogP contribution >= 0.6 is 0 Å². The number of hydrogen-bond donors (Lipinski definition) is 2. The molecule has 0 saturated carbocycles. The van der Waals surface area contributed by atoms with Crippen molar-refractivity contribution < 1.29 is 50.5 Å². The average Bonchev–Trinajstić information content (AvgIpc) is 1.27. The predicted molar refractivity (Wildman–Crippen MR) is 563 cm³/mol. The number of pyridine rings is 1. The normalized spacial score (nSPS) is 13.2. The van der Waals surface area contributed by atoms with Crippen LogP contribution in [-0.4, -0.2) is 175 Å². The standard InChI is InChI=1S/C19H25N3O2S.C19H27N3O2S.C18H25N3O2S.C17H22N2O2S.2C16H21N3O2S/c1-14-18(19(2,3)4)21-17(13-20-14)15-8-7-9-16(12-15)25(23,24)22-10-5-6-11-22;1-13-17(18(2,3)4)21-16(12-20-13)14-9-8-10-15(11-14)25(23,24)22-19(5,6)7;1-13-17(18(2,3)4)20-16(11-19-13)15-9-7-8-14(10-15)12-24(22,23)21(5)6;1-12-16(17(2,3)4)19-15(10-18-12)14-8-6-7-13(9-14)11-22(5,20)21;1-11-15(16(2,3)4)19-14(9-18-11)13-6-12(7-17-8-13)10-22(5,20)21;1-11-15(16(2,3)4)18-14(10-17-11)12-6-8-13(9-7-12)19-22(5,20)21/h7-9,12-13H,5-6,10-11H2,1-4H3;8-12,22H,1-7H3;7-11H,12H2,1-6H3;6-10H,11H2,1-5H3;6-9H,10H2,1-5H3;6-10,19H,1-5H3. The Morgan fingerprint density at radius 3 is 0.921 bits per heavy atom. The summed E-state index contributed by atoms with van der Waals surface area (Å²) in [6, 6.07) is 37.7. The maximum atomic E-state index is 12.8. The summed E-state index contributed by atoms with van der Waals surface area (Å²) < 4.78 is 151. The third-order valence-corrected chi connectivity index (χ3v) is 29.3. The van der Waals surface area contributed by atoms with Gasteiger partial charge in [-0.05, 0) is 146 Å². The summed E-state index contributed by atoms with van der Waals surface area (Å²) in [5, 5.41) is 0. The molecule has 1 aliphatic heterocycles. The Morgan fingerprint density at radius 1 is 0.321 bits per heavy atom. The van der Waals surface area contributed by atoms with Crippen molar-refractivity contribution in [2.75, 3.05) is 50.7 Å². The quantitative estimate of drug-likeness (QED) is 0.0759. The molecule has 1 saturated heterocycles. The number of benzene rings is 5. The average molecular weight is 2030 g/mol. The van der Waals surface area contributed by atoms with E-state index in [4.69, 9.17) is 29.9 Å². The first-order chi connectivity index (χ1) is 64.2. The molecule has 2 N–H and O–H groups in total. The van der Waals surface area contributed by atoms with Crippen LogP contribution < -0.4 is 9.44 Å². The summed E-state index contributed by atoms with van der Waals surface area (Å²) in [5.74, 6) is -0.0230. The molecule has 1 fully saturated rings. The summed E-state index contributed by atoms with van der Waals surface area (Å²) in [4.78, 5) is 59.8. The summed E-state index contributed by atoms with van der Waals surface area (Å²) >= 11 is 0. The fourth-order valence-corrected chi connectivity index (χ4v) is 21.2. The largest absolute Gasteiger partial charge is 0.284 e. The van der Waals surface area contributed by atoms with Crippen LogP contribution in [0.4, 0.5) is 5.69 Å². The molecule has 8 heterocycles. The summed E-state index contributed by atoms with van der Waals surface area (Å²) in [7, 11) is -16.6. The number of nitrogens with zero attached hydrogens (tertiary/aromatic N) is 15. The summed E-state index contributed by atoms with van der Waals surface area (Å²) in [6.07, 6.45) is 19.0. The van der Waals surface area contributed by atoms with Crippen molar-refractivity contribution in [3.05, 3.63) is 262 Å². The third kappa shape index (κ3) is 33.9. The number of anilines is 1. The van der Waals surface area contributed by atoms with Crippen molar-refractivity contribution in [2.24, 2.45) is 0 Å². The fraction of sp³-hybridized carbons (Fsp3) is 0.438. The van der Waals surface area contributed by atoms with Crippen molar-refractivity contribution in [3.63, 3.8) is 0 Å². The van der Waals surface area contributed by atoms with Gasteiger partial charge < -0.3 is 0 Å². The van der Waals surface area contributed by atoms with Crippen LogP contribution in [0.5, 0.6) is 0 Å². The molecule has 0 aliphatic carbocycles. The van der Waals surface area contributed by atoms with Crippen molar-refractivity contribution in [1.29, 1.82) is 0 Å². The number of aromatic nitrogens is 13.